The van der Waals surface area contributed by atoms with Gasteiger partial charge in [0.1, 0.15) is 0 Å². The summed E-state index contributed by atoms with van der Waals surface area (Å²) in [5.74, 6) is 0.788. The van der Waals surface area contributed by atoms with Crippen LogP contribution in [0.15, 0.2) is 42.5 Å². The SMILES string of the molecule is Cc1nc(-c2ccc3ccccc3c2)nc(C)c1CCN. The van der Waals surface area contributed by atoms with E-state index in [0.717, 1.165) is 29.2 Å². The predicted molar refractivity (Wildman–Crippen MR) is 87.2 cm³/mol. The molecule has 1 aromatic heterocycles. The van der Waals surface area contributed by atoms with Gasteiger partial charge in [0.05, 0.1) is 0 Å². The zero-order valence-corrected chi connectivity index (χ0v) is 12.4. The quantitative estimate of drug-likeness (QED) is 0.798. The molecule has 0 spiro atoms. The van der Waals surface area contributed by atoms with Crippen LogP contribution in [-0.2, 0) is 6.42 Å². The molecule has 3 nitrogen and oxygen atoms in total. The smallest absolute Gasteiger partial charge is 0.159 e. The van der Waals surface area contributed by atoms with Gasteiger partial charge in [-0.05, 0) is 49.2 Å². The maximum absolute atomic E-state index is 5.65. The zero-order chi connectivity index (χ0) is 14.8. The third-order valence-electron chi connectivity index (χ3n) is 3.82. The van der Waals surface area contributed by atoms with Crippen LogP contribution in [0.25, 0.3) is 22.2 Å². The molecule has 0 saturated heterocycles. The van der Waals surface area contributed by atoms with Crippen LogP contribution in [0.2, 0.25) is 0 Å². The van der Waals surface area contributed by atoms with E-state index in [-0.39, 0.29) is 0 Å². The molecule has 0 atom stereocenters. The minimum atomic E-state index is 0.625. The number of nitrogens with two attached hydrogens (primary N) is 1. The normalized spacial score (nSPS) is 11.0. The van der Waals surface area contributed by atoms with E-state index < -0.39 is 0 Å². The molecule has 0 amide bonds. The molecule has 0 aliphatic rings. The lowest BCUT2D eigenvalue weighted by Gasteiger charge is -2.10. The molecule has 106 valence electrons. The minimum absolute atomic E-state index is 0.625. The lowest BCUT2D eigenvalue weighted by Crippen LogP contribution is -2.09. The Kier molecular flexibility index (Phi) is 3.67. The van der Waals surface area contributed by atoms with Gasteiger partial charge >= 0.3 is 0 Å². The second-order valence-electron chi connectivity index (χ2n) is 5.30. The van der Waals surface area contributed by atoms with Crippen LogP contribution < -0.4 is 5.73 Å². The summed E-state index contributed by atoms with van der Waals surface area (Å²) in [5.41, 5.74) is 9.93. The van der Waals surface area contributed by atoms with E-state index in [1.165, 1.54) is 16.3 Å². The Morgan fingerprint density at radius 1 is 0.905 bits per heavy atom. The summed E-state index contributed by atoms with van der Waals surface area (Å²) in [5, 5.41) is 2.44. The molecule has 0 saturated carbocycles. The van der Waals surface area contributed by atoms with E-state index in [2.05, 4.69) is 46.4 Å². The minimum Gasteiger partial charge on any atom is -0.330 e. The van der Waals surface area contributed by atoms with Crippen LogP contribution in [0.4, 0.5) is 0 Å². The average molecular weight is 277 g/mol. The van der Waals surface area contributed by atoms with Crippen molar-refractivity contribution in [3.05, 3.63) is 59.4 Å². The van der Waals surface area contributed by atoms with Gasteiger partial charge in [0, 0.05) is 17.0 Å². The van der Waals surface area contributed by atoms with Crippen molar-refractivity contribution in [2.24, 2.45) is 5.73 Å². The Bertz CT molecular complexity index is 770. The van der Waals surface area contributed by atoms with Crippen LogP contribution in [0.3, 0.4) is 0 Å². The first kappa shape index (κ1) is 13.7. The van der Waals surface area contributed by atoms with E-state index in [0.29, 0.717) is 6.54 Å². The molecule has 1 heterocycles. The summed E-state index contributed by atoms with van der Waals surface area (Å²) >= 11 is 0. The molecule has 0 aliphatic carbocycles. The molecule has 0 radical (unpaired) electrons. The molecule has 2 aromatic carbocycles. The molecule has 21 heavy (non-hydrogen) atoms. The van der Waals surface area contributed by atoms with Crippen LogP contribution in [0.1, 0.15) is 17.0 Å². The van der Waals surface area contributed by atoms with Crippen molar-refractivity contribution in [3.63, 3.8) is 0 Å². The van der Waals surface area contributed by atoms with Gasteiger partial charge in [-0.25, -0.2) is 9.97 Å². The lowest BCUT2D eigenvalue weighted by molar-refractivity contribution is 0.899. The van der Waals surface area contributed by atoms with Crippen molar-refractivity contribution in [2.45, 2.75) is 20.3 Å². The summed E-state index contributed by atoms with van der Waals surface area (Å²) in [6.07, 6.45) is 0.829. The molecule has 3 rings (SSSR count). The van der Waals surface area contributed by atoms with Gasteiger partial charge in [0.15, 0.2) is 5.82 Å². The second-order valence-corrected chi connectivity index (χ2v) is 5.30. The van der Waals surface area contributed by atoms with Crippen LogP contribution in [-0.4, -0.2) is 16.5 Å². The zero-order valence-electron chi connectivity index (χ0n) is 12.4. The summed E-state index contributed by atoms with van der Waals surface area (Å²) in [7, 11) is 0. The third-order valence-corrected chi connectivity index (χ3v) is 3.82. The van der Waals surface area contributed by atoms with Crippen molar-refractivity contribution in [2.75, 3.05) is 6.54 Å². The molecule has 3 heteroatoms. The fourth-order valence-electron chi connectivity index (χ4n) is 2.70. The molecule has 3 aromatic rings. The van der Waals surface area contributed by atoms with Gasteiger partial charge in [-0.1, -0.05) is 36.4 Å². The Morgan fingerprint density at radius 3 is 2.24 bits per heavy atom. The molecule has 2 N–H and O–H groups in total. The van der Waals surface area contributed by atoms with E-state index in [9.17, 15) is 0 Å². The Morgan fingerprint density at radius 2 is 1.57 bits per heavy atom. The highest BCUT2D eigenvalue weighted by atomic mass is 14.9. The summed E-state index contributed by atoms with van der Waals surface area (Å²) < 4.78 is 0. The topological polar surface area (TPSA) is 51.8 Å². The van der Waals surface area contributed by atoms with E-state index >= 15 is 0 Å². The van der Waals surface area contributed by atoms with Gasteiger partial charge < -0.3 is 5.73 Å². The predicted octanol–water partition coefficient (Wildman–Crippen LogP) is 3.41. The highest BCUT2D eigenvalue weighted by Crippen LogP contribution is 2.23. The standard InChI is InChI=1S/C18H19N3/c1-12-17(9-10-19)13(2)21-18(20-12)16-8-7-14-5-3-4-6-15(14)11-16/h3-8,11H,9-10,19H2,1-2H3. The molecule has 0 fully saturated rings. The highest BCUT2D eigenvalue weighted by molar-refractivity contribution is 5.86. The maximum atomic E-state index is 5.65. The number of rotatable bonds is 3. The van der Waals surface area contributed by atoms with Crippen LogP contribution in [0, 0.1) is 13.8 Å². The van der Waals surface area contributed by atoms with E-state index in [1.54, 1.807) is 0 Å². The number of nitrogens with zero attached hydrogens (tertiary/aromatic N) is 2. The van der Waals surface area contributed by atoms with Crippen LogP contribution in [0.5, 0.6) is 0 Å². The highest BCUT2D eigenvalue weighted by Gasteiger charge is 2.09. The molecule has 0 unspecified atom stereocenters. The number of benzene rings is 2. The average Bonchev–Trinajstić information content (AvgIpc) is 2.50. The third kappa shape index (κ3) is 2.65. The van der Waals surface area contributed by atoms with Crippen molar-refractivity contribution in [1.29, 1.82) is 0 Å². The van der Waals surface area contributed by atoms with E-state index in [4.69, 9.17) is 5.73 Å². The first-order valence-corrected chi connectivity index (χ1v) is 7.22. The Balaban J connectivity index is 2.10. The Hall–Kier alpha value is -2.26. The van der Waals surface area contributed by atoms with Crippen molar-refractivity contribution in [1.82, 2.24) is 9.97 Å². The number of aryl methyl sites for hydroxylation is 2. The first-order chi connectivity index (χ1) is 10.2. The second kappa shape index (κ2) is 5.62. The largest absolute Gasteiger partial charge is 0.330 e. The van der Waals surface area contributed by atoms with Gasteiger partial charge in [-0.15, -0.1) is 0 Å². The number of fused-ring (bicyclic) bond motifs is 1. The number of hydrogen-bond acceptors (Lipinski definition) is 3. The van der Waals surface area contributed by atoms with Crippen molar-refractivity contribution in [3.8, 4) is 11.4 Å². The summed E-state index contributed by atoms with van der Waals surface area (Å²) in [6, 6.07) is 14.7. The molecule has 0 aliphatic heterocycles. The fraction of sp³-hybridized carbons (Fsp3) is 0.222. The monoisotopic (exact) mass is 277 g/mol. The van der Waals surface area contributed by atoms with Gasteiger partial charge in [0.25, 0.3) is 0 Å². The number of hydrogen-bond donors (Lipinski definition) is 1. The summed E-state index contributed by atoms with van der Waals surface area (Å²) in [6.45, 7) is 4.69. The fourth-order valence-corrected chi connectivity index (χ4v) is 2.70. The van der Waals surface area contributed by atoms with Crippen molar-refractivity contribution < 1.29 is 0 Å². The number of aromatic nitrogens is 2. The summed E-state index contributed by atoms with van der Waals surface area (Å²) in [4.78, 5) is 9.33. The maximum Gasteiger partial charge on any atom is 0.159 e. The Labute approximate surface area is 124 Å². The van der Waals surface area contributed by atoms with E-state index in [1.807, 2.05) is 19.9 Å². The van der Waals surface area contributed by atoms with Crippen molar-refractivity contribution >= 4 is 10.8 Å². The molecular weight excluding hydrogens is 258 g/mol. The van der Waals surface area contributed by atoms with Gasteiger partial charge in [0.2, 0.25) is 0 Å². The molecular formula is C18H19N3. The first-order valence-electron chi connectivity index (χ1n) is 7.22. The van der Waals surface area contributed by atoms with Gasteiger partial charge in [-0.3, -0.25) is 0 Å². The van der Waals surface area contributed by atoms with Gasteiger partial charge in [-0.2, -0.15) is 0 Å². The lowest BCUT2D eigenvalue weighted by atomic mass is 10.1. The van der Waals surface area contributed by atoms with Crippen LogP contribution >= 0.6 is 0 Å². The molecule has 0 bridgehead atoms.